The molecule has 5 heteroatoms. The SMILES string of the molecule is COc1cccc(CCNC2N=C/C(=C/c3ccc4ncccc4c3)S2)c1. The number of fused-ring (bicyclic) bond motifs is 1. The minimum absolute atomic E-state index is 0.0731. The average Bonchev–Trinajstić information content (AvgIpc) is 3.15. The summed E-state index contributed by atoms with van der Waals surface area (Å²) in [5.74, 6) is 0.900. The third-order valence-corrected chi connectivity index (χ3v) is 5.39. The van der Waals surface area contributed by atoms with Crippen LogP contribution in [-0.2, 0) is 6.42 Å². The number of aromatic nitrogens is 1. The van der Waals surface area contributed by atoms with Crippen LogP contribution < -0.4 is 10.1 Å². The van der Waals surface area contributed by atoms with E-state index < -0.39 is 0 Å². The number of benzene rings is 2. The Balaban J connectivity index is 1.32. The highest BCUT2D eigenvalue weighted by atomic mass is 32.2. The molecule has 0 amide bonds. The van der Waals surface area contributed by atoms with E-state index in [-0.39, 0.29) is 5.50 Å². The van der Waals surface area contributed by atoms with Crippen LogP contribution in [0.25, 0.3) is 17.0 Å². The molecule has 0 spiro atoms. The van der Waals surface area contributed by atoms with Crippen LogP contribution in [-0.4, -0.2) is 30.4 Å². The molecule has 27 heavy (non-hydrogen) atoms. The van der Waals surface area contributed by atoms with Crippen molar-refractivity contribution >= 4 is 35.0 Å². The monoisotopic (exact) mass is 375 g/mol. The maximum absolute atomic E-state index is 5.27. The van der Waals surface area contributed by atoms with Gasteiger partial charge in [0.2, 0.25) is 0 Å². The molecule has 1 atom stereocenters. The number of hydrogen-bond acceptors (Lipinski definition) is 5. The summed E-state index contributed by atoms with van der Waals surface area (Å²) >= 11 is 1.74. The van der Waals surface area contributed by atoms with Gasteiger partial charge in [0.05, 0.1) is 12.6 Å². The molecule has 2 heterocycles. The molecule has 1 unspecified atom stereocenters. The Bertz CT molecular complexity index is 1000. The standard InChI is InChI=1S/C22H21N3OS/c1-26-19-6-2-4-16(13-19)9-11-24-22-25-15-20(27-22)14-17-7-8-21-18(12-17)5-3-10-23-21/h2-8,10,12-15,22,24H,9,11H2,1H3/b20-14-. The predicted octanol–water partition coefficient (Wildman–Crippen LogP) is 4.52. The Hall–Kier alpha value is -2.63. The minimum Gasteiger partial charge on any atom is -0.497 e. The Morgan fingerprint density at radius 1 is 1.15 bits per heavy atom. The van der Waals surface area contributed by atoms with Gasteiger partial charge in [0.25, 0.3) is 0 Å². The zero-order valence-electron chi connectivity index (χ0n) is 15.1. The van der Waals surface area contributed by atoms with Gasteiger partial charge in [-0.05, 0) is 54.0 Å². The molecule has 4 nitrogen and oxygen atoms in total. The van der Waals surface area contributed by atoms with Crippen molar-refractivity contribution in [2.24, 2.45) is 4.99 Å². The van der Waals surface area contributed by atoms with E-state index in [2.05, 4.69) is 57.8 Å². The fourth-order valence-electron chi connectivity index (χ4n) is 3.01. The number of thioether (sulfide) groups is 1. The average molecular weight is 375 g/mol. The van der Waals surface area contributed by atoms with Crippen LogP contribution in [0.5, 0.6) is 5.75 Å². The predicted molar refractivity (Wildman–Crippen MR) is 114 cm³/mol. The summed E-state index contributed by atoms with van der Waals surface area (Å²) in [6, 6.07) is 18.6. The normalized spacial score (nSPS) is 17.7. The molecule has 1 aromatic heterocycles. The third kappa shape index (κ3) is 4.56. The van der Waals surface area contributed by atoms with E-state index in [1.165, 1.54) is 11.1 Å². The molecular weight excluding hydrogens is 354 g/mol. The number of nitrogens with one attached hydrogen (secondary N) is 1. The van der Waals surface area contributed by atoms with Gasteiger partial charge in [-0.3, -0.25) is 15.3 Å². The Morgan fingerprint density at radius 2 is 2.11 bits per heavy atom. The van der Waals surface area contributed by atoms with E-state index in [0.717, 1.165) is 34.5 Å². The van der Waals surface area contributed by atoms with Gasteiger partial charge in [0.1, 0.15) is 5.75 Å². The molecule has 0 saturated heterocycles. The fourth-order valence-corrected chi connectivity index (χ4v) is 3.92. The van der Waals surface area contributed by atoms with E-state index in [0.29, 0.717) is 0 Å². The van der Waals surface area contributed by atoms with Gasteiger partial charge in [0, 0.05) is 29.2 Å². The molecule has 1 aliphatic rings. The third-order valence-electron chi connectivity index (χ3n) is 4.39. The lowest BCUT2D eigenvalue weighted by Crippen LogP contribution is -2.24. The first-order chi connectivity index (χ1) is 13.3. The van der Waals surface area contributed by atoms with E-state index in [4.69, 9.17) is 4.74 Å². The Kier molecular flexibility index (Phi) is 5.51. The first kappa shape index (κ1) is 17.8. The molecule has 0 radical (unpaired) electrons. The lowest BCUT2D eigenvalue weighted by atomic mass is 10.1. The maximum atomic E-state index is 5.27. The maximum Gasteiger partial charge on any atom is 0.151 e. The number of rotatable bonds is 6. The summed E-state index contributed by atoms with van der Waals surface area (Å²) in [6.07, 6.45) is 6.88. The molecule has 136 valence electrons. The van der Waals surface area contributed by atoms with Crippen molar-refractivity contribution < 1.29 is 4.74 Å². The zero-order valence-corrected chi connectivity index (χ0v) is 15.9. The lowest BCUT2D eigenvalue weighted by molar-refractivity contribution is 0.414. The highest BCUT2D eigenvalue weighted by Crippen LogP contribution is 2.28. The van der Waals surface area contributed by atoms with Crippen molar-refractivity contribution in [2.75, 3.05) is 13.7 Å². The van der Waals surface area contributed by atoms with Crippen molar-refractivity contribution in [1.29, 1.82) is 0 Å². The Morgan fingerprint density at radius 3 is 3.04 bits per heavy atom. The van der Waals surface area contributed by atoms with Crippen LogP contribution in [0.3, 0.4) is 0 Å². The number of methoxy groups -OCH3 is 1. The quantitative estimate of drug-likeness (QED) is 0.688. The molecule has 1 N–H and O–H groups in total. The van der Waals surface area contributed by atoms with E-state index >= 15 is 0 Å². The number of hydrogen-bond donors (Lipinski definition) is 1. The van der Waals surface area contributed by atoms with Gasteiger partial charge in [-0.1, -0.05) is 36.0 Å². The van der Waals surface area contributed by atoms with Crippen LogP contribution in [0.2, 0.25) is 0 Å². The molecule has 2 aromatic carbocycles. The number of aliphatic imine (C=N–C) groups is 1. The molecule has 0 bridgehead atoms. The Labute approximate surface area is 163 Å². The fraction of sp³-hybridized carbons (Fsp3) is 0.182. The number of ether oxygens (including phenoxy) is 1. The number of allylic oxidation sites excluding steroid dienone is 1. The summed E-state index contributed by atoms with van der Waals surface area (Å²) < 4.78 is 5.27. The van der Waals surface area contributed by atoms with Gasteiger partial charge < -0.3 is 4.74 Å². The first-order valence-corrected chi connectivity index (χ1v) is 9.81. The summed E-state index contributed by atoms with van der Waals surface area (Å²) in [4.78, 5) is 10.1. The van der Waals surface area contributed by atoms with E-state index in [1.54, 1.807) is 18.9 Å². The summed E-state index contributed by atoms with van der Waals surface area (Å²) in [5.41, 5.74) is 3.52. The topological polar surface area (TPSA) is 46.5 Å². The second-order valence-electron chi connectivity index (χ2n) is 6.31. The van der Waals surface area contributed by atoms with Crippen LogP contribution >= 0.6 is 11.8 Å². The number of pyridine rings is 1. The van der Waals surface area contributed by atoms with Gasteiger partial charge in [-0.2, -0.15) is 0 Å². The molecule has 1 aliphatic heterocycles. The van der Waals surface area contributed by atoms with Crippen LogP contribution in [0, 0.1) is 0 Å². The van der Waals surface area contributed by atoms with Gasteiger partial charge in [0.15, 0.2) is 5.50 Å². The molecule has 4 rings (SSSR count). The molecule has 3 aromatic rings. The summed E-state index contributed by atoms with van der Waals surface area (Å²) in [5, 5.41) is 4.64. The van der Waals surface area contributed by atoms with Gasteiger partial charge in [-0.25, -0.2) is 0 Å². The van der Waals surface area contributed by atoms with Gasteiger partial charge >= 0.3 is 0 Å². The van der Waals surface area contributed by atoms with Crippen molar-refractivity contribution in [1.82, 2.24) is 10.3 Å². The van der Waals surface area contributed by atoms with Crippen LogP contribution in [0.15, 0.2) is 70.7 Å². The van der Waals surface area contributed by atoms with Gasteiger partial charge in [-0.15, -0.1) is 0 Å². The summed E-state index contributed by atoms with van der Waals surface area (Å²) in [6.45, 7) is 0.872. The van der Waals surface area contributed by atoms with E-state index in [9.17, 15) is 0 Å². The van der Waals surface area contributed by atoms with Crippen molar-refractivity contribution in [3.8, 4) is 5.75 Å². The van der Waals surface area contributed by atoms with E-state index in [1.807, 2.05) is 30.6 Å². The first-order valence-electron chi connectivity index (χ1n) is 8.93. The summed E-state index contributed by atoms with van der Waals surface area (Å²) in [7, 11) is 1.70. The zero-order chi connectivity index (χ0) is 18.5. The van der Waals surface area contributed by atoms with Crippen molar-refractivity contribution in [3.05, 3.63) is 76.8 Å². The second kappa shape index (κ2) is 8.37. The highest BCUT2D eigenvalue weighted by molar-refractivity contribution is 8.04. The molecular formula is C22H21N3OS. The number of nitrogens with zero attached hydrogens (tertiary/aromatic N) is 2. The molecule has 0 saturated carbocycles. The molecule has 0 fully saturated rings. The van der Waals surface area contributed by atoms with Crippen LogP contribution in [0.4, 0.5) is 0 Å². The van der Waals surface area contributed by atoms with Crippen molar-refractivity contribution in [2.45, 2.75) is 11.9 Å². The lowest BCUT2D eigenvalue weighted by Gasteiger charge is -2.10. The smallest absolute Gasteiger partial charge is 0.151 e. The second-order valence-corrected chi connectivity index (χ2v) is 7.46. The minimum atomic E-state index is 0.0731. The highest BCUT2D eigenvalue weighted by Gasteiger charge is 2.14. The van der Waals surface area contributed by atoms with Crippen LogP contribution in [0.1, 0.15) is 11.1 Å². The largest absolute Gasteiger partial charge is 0.497 e. The van der Waals surface area contributed by atoms with Crippen molar-refractivity contribution in [3.63, 3.8) is 0 Å². The molecule has 0 aliphatic carbocycles.